The Morgan fingerprint density at radius 1 is 1.39 bits per heavy atom. The smallest absolute Gasteiger partial charge is 0.0684 e. The Labute approximate surface area is 123 Å². The molecule has 1 N–H and O–H groups in total. The van der Waals surface area contributed by atoms with Crippen LogP contribution in [0, 0.1) is 0 Å². The van der Waals surface area contributed by atoms with Gasteiger partial charge in [-0.2, -0.15) is 5.10 Å². The van der Waals surface area contributed by atoms with Crippen molar-refractivity contribution in [1.29, 1.82) is 0 Å². The van der Waals surface area contributed by atoms with Crippen LogP contribution in [0.4, 0.5) is 0 Å². The molecular weight excluding hydrogens is 360 g/mol. The zero-order chi connectivity index (χ0) is 13.0. The average molecular weight is 374 g/mol. The molecule has 2 aromatic heterocycles. The van der Waals surface area contributed by atoms with Gasteiger partial charge in [0.25, 0.3) is 0 Å². The predicted octanol–water partition coefficient (Wildman–Crippen LogP) is 2.67. The van der Waals surface area contributed by atoms with Crippen molar-refractivity contribution in [2.45, 2.75) is 13.0 Å². The summed E-state index contributed by atoms with van der Waals surface area (Å²) in [5.41, 5.74) is 2.24. The molecule has 0 unspecified atom stereocenters. The van der Waals surface area contributed by atoms with Crippen LogP contribution in [0.25, 0.3) is 0 Å². The lowest BCUT2D eigenvalue weighted by molar-refractivity contribution is 0.635. The highest BCUT2D eigenvalue weighted by Crippen LogP contribution is 2.19. The van der Waals surface area contributed by atoms with Gasteiger partial charge in [0.15, 0.2) is 0 Å². The van der Waals surface area contributed by atoms with E-state index in [1.807, 2.05) is 36.3 Å². The second-order valence-electron chi connectivity index (χ2n) is 3.95. The molecule has 2 heterocycles. The Morgan fingerprint density at radius 2 is 2.22 bits per heavy atom. The molecule has 0 aromatic carbocycles. The number of aromatic nitrogens is 3. The van der Waals surface area contributed by atoms with Crippen molar-refractivity contribution in [3.05, 3.63) is 44.9 Å². The number of halogens is 2. The first-order chi connectivity index (χ1) is 8.66. The van der Waals surface area contributed by atoms with Gasteiger partial charge < -0.3 is 5.32 Å². The van der Waals surface area contributed by atoms with Crippen molar-refractivity contribution in [3.63, 3.8) is 0 Å². The molecule has 0 aliphatic carbocycles. The van der Waals surface area contributed by atoms with Crippen molar-refractivity contribution >= 4 is 31.9 Å². The molecule has 0 aliphatic rings. The number of hydrogen-bond donors (Lipinski definition) is 1. The first-order valence-corrected chi connectivity index (χ1v) is 7.23. The van der Waals surface area contributed by atoms with Crippen LogP contribution in [-0.2, 0) is 20.0 Å². The third kappa shape index (κ3) is 3.63. The van der Waals surface area contributed by atoms with Gasteiger partial charge in [-0.3, -0.25) is 9.67 Å². The highest BCUT2D eigenvalue weighted by atomic mass is 79.9. The zero-order valence-electron chi connectivity index (χ0n) is 10.0. The summed E-state index contributed by atoms with van der Waals surface area (Å²) < 4.78 is 3.90. The Kier molecular flexibility index (Phi) is 4.91. The molecule has 0 aliphatic heterocycles. The first kappa shape index (κ1) is 13.7. The number of nitrogens with one attached hydrogen (secondary N) is 1. The Balaban J connectivity index is 1.80. The summed E-state index contributed by atoms with van der Waals surface area (Å²) in [6, 6.07) is 4.04. The van der Waals surface area contributed by atoms with Gasteiger partial charge in [-0.15, -0.1) is 0 Å². The summed E-state index contributed by atoms with van der Waals surface area (Å²) in [4.78, 5) is 4.36. The summed E-state index contributed by atoms with van der Waals surface area (Å²) in [6.07, 6.45) is 4.59. The van der Waals surface area contributed by atoms with Crippen LogP contribution in [0.2, 0.25) is 0 Å². The quantitative estimate of drug-likeness (QED) is 0.819. The fourth-order valence-corrected chi connectivity index (χ4v) is 2.77. The molecule has 0 saturated carbocycles. The molecular formula is C12H14Br2N4. The van der Waals surface area contributed by atoms with Crippen molar-refractivity contribution in [2.24, 2.45) is 7.05 Å². The molecule has 0 spiro atoms. The molecule has 4 nitrogen and oxygen atoms in total. The van der Waals surface area contributed by atoms with E-state index in [9.17, 15) is 0 Å². The monoisotopic (exact) mass is 372 g/mol. The van der Waals surface area contributed by atoms with Gasteiger partial charge in [-0.25, -0.2) is 0 Å². The van der Waals surface area contributed by atoms with Crippen LogP contribution in [0.5, 0.6) is 0 Å². The van der Waals surface area contributed by atoms with Crippen molar-refractivity contribution in [1.82, 2.24) is 20.1 Å². The van der Waals surface area contributed by atoms with E-state index in [1.54, 1.807) is 0 Å². The van der Waals surface area contributed by atoms with Crippen molar-refractivity contribution in [2.75, 3.05) is 6.54 Å². The maximum atomic E-state index is 4.36. The minimum absolute atomic E-state index is 0.756. The van der Waals surface area contributed by atoms with E-state index in [2.05, 4.69) is 47.3 Å². The first-order valence-electron chi connectivity index (χ1n) is 5.64. The Morgan fingerprint density at radius 3 is 2.89 bits per heavy atom. The molecule has 0 bridgehead atoms. The molecule has 18 heavy (non-hydrogen) atoms. The van der Waals surface area contributed by atoms with Crippen LogP contribution in [0.15, 0.2) is 33.5 Å². The van der Waals surface area contributed by atoms with E-state index in [0.29, 0.717) is 0 Å². The lowest BCUT2D eigenvalue weighted by Crippen LogP contribution is -2.18. The molecule has 0 radical (unpaired) electrons. The molecule has 96 valence electrons. The fraction of sp³-hybridized carbons (Fsp3) is 0.333. The largest absolute Gasteiger partial charge is 0.311 e. The number of aryl methyl sites for hydroxylation is 1. The van der Waals surface area contributed by atoms with Crippen LogP contribution in [0.1, 0.15) is 11.4 Å². The lowest BCUT2D eigenvalue weighted by atomic mass is 10.3. The highest BCUT2D eigenvalue weighted by Gasteiger charge is 2.02. The van der Waals surface area contributed by atoms with Crippen LogP contribution < -0.4 is 5.32 Å². The number of nitrogens with zero attached hydrogens (tertiary/aromatic N) is 3. The molecule has 2 aromatic rings. The van der Waals surface area contributed by atoms with Gasteiger partial charge in [-0.05, 0) is 44.0 Å². The van der Waals surface area contributed by atoms with Crippen molar-refractivity contribution in [3.8, 4) is 0 Å². The second-order valence-corrected chi connectivity index (χ2v) is 5.72. The average Bonchev–Trinajstić information content (AvgIpc) is 2.73. The molecule has 0 atom stereocenters. The van der Waals surface area contributed by atoms with Gasteiger partial charge in [0.05, 0.1) is 5.69 Å². The molecule has 6 heteroatoms. The molecule has 0 amide bonds. The summed E-state index contributed by atoms with van der Waals surface area (Å²) in [5.74, 6) is 0. The van der Waals surface area contributed by atoms with E-state index < -0.39 is 0 Å². The molecule has 0 fully saturated rings. The maximum absolute atomic E-state index is 4.36. The van der Waals surface area contributed by atoms with Crippen LogP contribution in [0.3, 0.4) is 0 Å². The van der Waals surface area contributed by atoms with Crippen LogP contribution >= 0.6 is 31.9 Å². The standard InChI is InChI=1S/C12H14Br2N4/c1-18-10(3-5-17-18)2-4-15-8-12-11(14)6-9(13)7-16-12/h3,5-7,15H,2,4,8H2,1H3. The Bertz CT molecular complexity index is 525. The summed E-state index contributed by atoms with van der Waals surface area (Å²) in [6.45, 7) is 1.66. The van der Waals surface area contributed by atoms with Gasteiger partial charge >= 0.3 is 0 Å². The van der Waals surface area contributed by atoms with Gasteiger partial charge in [0.2, 0.25) is 0 Å². The van der Waals surface area contributed by atoms with Crippen LogP contribution in [-0.4, -0.2) is 21.3 Å². The summed E-state index contributed by atoms with van der Waals surface area (Å²) in [7, 11) is 1.96. The minimum atomic E-state index is 0.756. The van der Waals surface area contributed by atoms with E-state index >= 15 is 0 Å². The normalized spacial score (nSPS) is 10.8. The number of pyridine rings is 1. The topological polar surface area (TPSA) is 42.7 Å². The third-order valence-corrected chi connectivity index (χ3v) is 3.78. The zero-order valence-corrected chi connectivity index (χ0v) is 13.2. The minimum Gasteiger partial charge on any atom is -0.311 e. The number of hydrogen-bond acceptors (Lipinski definition) is 3. The van der Waals surface area contributed by atoms with Gasteiger partial charge in [0, 0.05) is 53.6 Å². The van der Waals surface area contributed by atoms with Gasteiger partial charge in [0.1, 0.15) is 0 Å². The lowest BCUT2D eigenvalue weighted by Gasteiger charge is -2.06. The summed E-state index contributed by atoms with van der Waals surface area (Å²) in [5, 5.41) is 7.52. The SMILES string of the molecule is Cn1nccc1CCNCc1ncc(Br)cc1Br. The summed E-state index contributed by atoms with van der Waals surface area (Å²) >= 11 is 6.89. The Hall–Kier alpha value is -0.720. The second kappa shape index (κ2) is 6.45. The van der Waals surface area contributed by atoms with E-state index in [4.69, 9.17) is 0 Å². The van der Waals surface area contributed by atoms with Gasteiger partial charge in [-0.1, -0.05) is 0 Å². The molecule has 2 rings (SSSR count). The third-order valence-electron chi connectivity index (χ3n) is 2.66. The van der Waals surface area contributed by atoms with Crippen molar-refractivity contribution < 1.29 is 0 Å². The predicted molar refractivity (Wildman–Crippen MR) is 78.3 cm³/mol. The fourth-order valence-electron chi connectivity index (χ4n) is 1.64. The molecule has 0 saturated heterocycles. The van der Waals surface area contributed by atoms with E-state index in [-0.39, 0.29) is 0 Å². The van der Waals surface area contributed by atoms with E-state index in [0.717, 1.165) is 34.1 Å². The van der Waals surface area contributed by atoms with E-state index in [1.165, 1.54) is 5.69 Å². The maximum Gasteiger partial charge on any atom is 0.0684 e. The highest BCUT2D eigenvalue weighted by molar-refractivity contribution is 9.11. The number of rotatable bonds is 5.